The Labute approximate surface area is 131 Å². The lowest BCUT2D eigenvalue weighted by molar-refractivity contribution is 0.381. The van der Waals surface area contributed by atoms with Gasteiger partial charge in [0.25, 0.3) is 0 Å². The van der Waals surface area contributed by atoms with Crippen LogP contribution in [0.15, 0.2) is 4.99 Å². The number of benzene rings is 2. The minimum Gasteiger partial charge on any atom is -0.341 e. The summed E-state index contributed by atoms with van der Waals surface area (Å²) in [6.45, 7) is 0. The summed E-state index contributed by atoms with van der Waals surface area (Å²) in [5.74, 6) is -23.7. The summed E-state index contributed by atoms with van der Waals surface area (Å²) in [5, 5.41) is 1.39. The maximum atomic E-state index is 13.3. The van der Waals surface area contributed by atoms with Crippen LogP contribution in [0.2, 0.25) is 0 Å². The number of halogens is 10. The largest absolute Gasteiger partial charge is 0.341 e. The topological polar surface area (TPSA) is 24.4 Å². The van der Waals surface area contributed by atoms with Crippen LogP contribution in [0.1, 0.15) is 0 Å². The number of hydrogen-bond acceptors (Lipinski definition) is 1. The molecule has 0 saturated carbocycles. The molecule has 0 aliphatic carbocycles. The Morgan fingerprint density at radius 3 is 1.20 bits per heavy atom. The van der Waals surface area contributed by atoms with Crippen molar-refractivity contribution >= 4 is 17.7 Å². The van der Waals surface area contributed by atoms with Gasteiger partial charge < -0.3 is 5.32 Å². The summed E-state index contributed by atoms with van der Waals surface area (Å²) in [6, 6.07) is 0. The van der Waals surface area contributed by atoms with Crippen LogP contribution < -0.4 is 5.32 Å². The molecule has 0 radical (unpaired) electrons. The monoisotopic (exact) mass is 376 g/mol. The molecule has 2 nitrogen and oxygen atoms in total. The van der Waals surface area contributed by atoms with E-state index in [4.69, 9.17) is 0 Å². The minimum atomic E-state index is -2.47. The van der Waals surface area contributed by atoms with Crippen LogP contribution in [-0.4, -0.2) is 6.34 Å². The number of nitrogens with one attached hydrogen (secondary N) is 1. The fraction of sp³-hybridized carbons (Fsp3) is 0. The number of hydrogen-bond donors (Lipinski definition) is 1. The SMILES string of the molecule is Fc1c(F)c(F)c(N=CNc2c(F)c(F)c(F)c(F)c2F)c(F)c1F. The molecule has 0 unspecified atom stereocenters. The van der Waals surface area contributed by atoms with Gasteiger partial charge in [0.1, 0.15) is 11.4 Å². The molecule has 2 aromatic carbocycles. The number of nitrogens with zero attached hydrogens (tertiary/aromatic N) is 1. The molecule has 134 valence electrons. The molecule has 0 fully saturated rings. The van der Waals surface area contributed by atoms with Crippen molar-refractivity contribution < 1.29 is 43.9 Å². The average molecular weight is 376 g/mol. The van der Waals surface area contributed by atoms with E-state index < -0.39 is 69.5 Å². The van der Waals surface area contributed by atoms with Gasteiger partial charge >= 0.3 is 0 Å². The molecule has 0 aliphatic heterocycles. The maximum absolute atomic E-state index is 13.3. The molecule has 0 aromatic heterocycles. The highest BCUT2D eigenvalue weighted by atomic mass is 19.2. The number of rotatable bonds is 3. The molecular weight excluding hydrogens is 374 g/mol. The fourth-order valence-corrected chi connectivity index (χ4v) is 1.60. The van der Waals surface area contributed by atoms with E-state index in [0.29, 0.717) is 0 Å². The molecule has 0 heterocycles. The van der Waals surface area contributed by atoms with E-state index in [-0.39, 0.29) is 6.34 Å². The van der Waals surface area contributed by atoms with Gasteiger partial charge in [0.05, 0.1) is 6.34 Å². The summed E-state index contributed by atoms with van der Waals surface area (Å²) in [5.41, 5.74) is -3.39. The van der Waals surface area contributed by atoms with Gasteiger partial charge in [-0.25, -0.2) is 48.9 Å². The number of anilines is 1. The first kappa shape index (κ1) is 18.5. The molecule has 2 rings (SSSR count). The van der Waals surface area contributed by atoms with Gasteiger partial charge in [-0.05, 0) is 0 Å². The van der Waals surface area contributed by atoms with Crippen LogP contribution >= 0.6 is 0 Å². The standard InChI is InChI=1S/C13H2F10N2/c14-2-4(16)8(20)12(9(21)5(2)17)24-1-25-13-10(22)6(18)3(15)7(19)11(13)23/h1H,(H,24,25). The van der Waals surface area contributed by atoms with Crippen molar-refractivity contribution in [2.45, 2.75) is 0 Å². The van der Waals surface area contributed by atoms with E-state index >= 15 is 0 Å². The molecule has 0 spiro atoms. The van der Waals surface area contributed by atoms with Gasteiger partial charge in [-0.15, -0.1) is 0 Å². The second kappa shape index (κ2) is 6.61. The Morgan fingerprint density at radius 1 is 0.480 bits per heavy atom. The van der Waals surface area contributed by atoms with Crippen molar-refractivity contribution in [1.29, 1.82) is 0 Å². The zero-order valence-electron chi connectivity index (χ0n) is 11.3. The molecule has 2 aromatic rings. The number of aliphatic imine (C=N–C) groups is 1. The third-order valence-electron chi connectivity index (χ3n) is 2.80. The van der Waals surface area contributed by atoms with Gasteiger partial charge in [0.2, 0.25) is 11.6 Å². The smallest absolute Gasteiger partial charge is 0.200 e. The lowest BCUT2D eigenvalue weighted by Gasteiger charge is -2.07. The first-order valence-electron chi connectivity index (χ1n) is 5.91. The highest BCUT2D eigenvalue weighted by Crippen LogP contribution is 2.30. The van der Waals surface area contributed by atoms with E-state index in [2.05, 4.69) is 4.99 Å². The third kappa shape index (κ3) is 2.98. The molecule has 12 heteroatoms. The zero-order chi connectivity index (χ0) is 19.0. The average Bonchev–Trinajstić information content (AvgIpc) is 2.60. The van der Waals surface area contributed by atoms with Gasteiger partial charge in [0, 0.05) is 0 Å². The molecule has 0 bridgehead atoms. The second-order valence-corrected chi connectivity index (χ2v) is 4.27. The van der Waals surface area contributed by atoms with Gasteiger partial charge in [-0.2, -0.15) is 0 Å². The molecule has 0 saturated heterocycles. The van der Waals surface area contributed by atoms with Crippen LogP contribution in [0.5, 0.6) is 0 Å². The van der Waals surface area contributed by atoms with Gasteiger partial charge in [-0.1, -0.05) is 0 Å². The summed E-state index contributed by atoms with van der Waals surface area (Å²) in [4.78, 5) is 2.72. The van der Waals surface area contributed by atoms with Gasteiger partial charge in [-0.3, -0.25) is 0 Å². The van der Waals surface area contributed by atoms with Crippen molar-refractivity contribution in [2.24, 2.45) is 4.99 Å². The predicted octanol–water partition coefficient (Wildman–Crippen LogP) is 4.85. The Morgan fingerprint density at radius 2 is 0.800 bits per heavy atom. The van der Waals surface area contributed by atoms with Crippen molar-refractivity contribution in [3.05, 3.63) is 58.2 Å². The molecule has 0 aliphatic rings. The van der Waals surface area contributed by atoms with Crippen molar-refractivity contribution in [3.8, 4) is 0 Å². The quantitative estimate of drug-likeness (QED) is 0.268. The van der Waals surface area contributed by atoms with E-state index in [1.165, 1.54) is 5.32 Å². The highest BCUT2D eigenvalue weighted by molar-refractivity contribution is 5.78. The van der Waals surface area contributed by atoms with Crippen molar-refractivity contribution in [2.75, 3.05) is 5.32 Å². The maximum Gasteiger partial charge on any atom is 0.200 e. The van der Waals surface area contributed by atoms with Crippen molar-refractivity contribution in [3.63, 3.8) is 0 Å². The Hall–Kier alpha value is -2.79. The van der Waals surface area contributed by atoms with E-state index in [1.54, 1.807) is 0 Å². The summed E-state index contributed by atoms with van der Waals surface area (Å²) < 4.78 is 130. The predicted molar refractivity (Wildman–Crippen MR) is 64.2 cm³/mol. The lowest BCUT2D eigenvalue weighted by Crippen LogP contribution is -2.09. The van der Waals surface area contributed by atoms with E-state index in [9.17, 15) is 43.9 Å². The van der Waals surface area contributed by atoms with Crippen LogP contribution in [0.3, 0.4) is 0 Å². The zero-order valence-corrected chi connectivity index (χ0v) is 11.3. The molecular formula is C13H2F10N2. The molecule has 0 atom stereocenters. The first-order valence-corrected chi connectivity index (χ1v) is 5.91. The molecule has 0 amide bonds. The van der Waals surface area contributed by atoms with Crippen LogP contribution in [0, 0.1) is 58.2 Å². The first-order chi connectivity index (χ1) is 11.6. The molecule has 25 heavy (non-hydrogen) atoms. The third-order valence-corrected chi connectivity index (χ3v) is 2.80. The minimum absolute atomic E-state index is 0.0173. The van der Waals surface area contributed by atoms with E-state index in [1.807, 2.05) is 0 Å². The second-order valence-electron chi connectivity index (χ2n) is 4.27. The van der Waals surface area contributed by atoms with Crippen LogP contribution in [0.25, 0.3) is 0 Å². The Bertz CT molecular complexity index is 835. The molecule has 1 N–H and O–H groups in total. The highest BCUT2D eigenvalue weighted by Gasteiger charge is 2.27. The lowest BCUT2D eigenvalue weighted by atomic mass is 10.2. The summed E-state index contributed by atoms with van der Waals surface area (Å²) >= 11 is 0. The van der Waals surface area contributed by atoms with E-state index in [0.717, 1.165) is 0 Å². The normalized spacial score (nSPS) is 11.4. The Kier molecular flexibility index (Phi) is 4.90. The van der Waals surface area contributed by atoms with Crippen molar-refractivity contribution in [1.82, 2.24) is 0 Å². The van der Waals surface area contributed by atoms with Crippen LogP contribution in [-0.2, 0) is 0 Å². The van der Waals surface area contributed by atoms with Crippen LogP contribution in [0.4, 0.5) is 55.3 Å². The summed E-state index contributed by atoms with van der Waals surface area (Å²) in [7, 11) is 0. The van der Waals surface area contributed by atoms with Gasteiger partial charge in [0.15, 0.2) is 46.5 Å². The fourth-order valence-electron chi connectivity index (χ4n) is 1.60. The Balaban J connectivity index is 2.45. The summed E-state index contributed by atoms with van der Waals surface area (Å²) in [6.07, 6.45) is -0.0173.